The van der Waals surface area contributed by atoms with Gasteiger partial charge < -0.3 is 14.6 Å². The van der Waals surface area contributed by atoms with E-state index in [2.05, 4.69) is 6.92 Å². The first kappa shape index (κ1) is 29.7. The van der Waals surface area contributed by atoms with Gasteiger partial charge in [0.25, 0.3) is 5.97 Å². The summed E-state index contributed by atoms with van der Waals surface area (Å²) >= 11 is 0. The number of alkyl halides is 6. The summed E-state index contributed by atoms with van der Waals surface area (Å²) in [5.74, 6) is -2.13. The second-order valence-electron chi connectivity index (χ2n) is 8.45. The minimum Gasteiger partial charge on any atom is -0.343 e. The Kier molecular flexibility index (Phi) is 12.2. The Morgan fingerprint density at radius 3 is 1.64 bits per heavy atom. The molecule has 0 aromatic heterocycles. The van der Waals surface area contributed by atoms with Crippen LogP contribution in [-0.2, 0) is 28.2 Å². The summed E-state index contributed by atoms with van der Waals surface area (Å²) in [5.41, 5.74) is -2.62. The third-order valence-electron chi connectivity index (χ3n) is 5.92. The first-order chi connectivity index (χ1) is 15.4. The summed E-state index contributed by atoms with van der Waals surface area (Å²) in [6.45, 7) is 2.14. The third kappa shape index (κ3) is 10.2. The van der Waals surface area contributed by atoms with E-state index >= 15 is 0 Å². The molecular weight excluding hydrogens is 450 g/mol. The van der Waals surface area contributed by atoms with Gasteiger partial charge in [0.2, 0.25) is 0 Å². The van der Waals surface area contributed by atoms with Crippen LogP contribution in [0.1, 0.15) is 87.8 Å². The van der Waals surface area contributed by atoms with Gasteiger partial charge in [-0.05, 0) is 49.4 Å². The Bertz CT molecular complexity index is 652. The molecule has 0 aliphatic heterocycles. The van der Waals surface area contributed by atoms with Crippen LogP contribution in [0.25, 0.3) is 0 Å². The highest BCUT2D eigenvalue weighted by Crippen LogP contribution is 2.37. The van der Waals surface area contributed by atoms with Crippen molar-refractivity contribution < 1.29 is 40.9 Å². The van der Waals surface area contributed by atoms with E-state index in [-0.39, 0.29) is 24.0 Å². The lowest BCUT2D eigenvalue weighted by Gasteiger charge is -2.33. The predicted octanol–water partition coefficient (Wildman–Crippen LogP) is 7.74. The van der Waals surface area contributed by atoms with Crippen LogP contribution in [0.3, 0.4) is 0 Å². The SMILES string of the molecule is CCCCCCCCC(CCCCc1cc(C(F)(F)F)cc(C(F)(F)F)c1)C(O)(OC)OC. The minimum absolute atomic E-state index is 0.0154. The average Bonchev–Trinajstić information content (AvgIpc) is 2.75. The lowest BCUT2D eigenvalue weighted by atomic mass is 9.91. The molecule has 0 amide bonds. The van der Waals surface area contributed by atoms with E-state index in [9.17, 15) is 31.4 Å². The Hall–Kier alpha value is -1.32. The maximum Gasteiger partial charge on any atom is 0.416 e. The Morgan fingerprint density at radius 2 is 1.18 bits per heavy atom. The summed E-state index contributed by atoms with van der Waals surface area (Å²) in [4.78, 5) is 0. The van der Waals surface area contributed by atoms with Crippen LogP contribution in [0.2, 0.25) is 0 Å². The predicted molar refractivity (Wildman–Crippen MR) is 114 cm³/mol. The van der Waals surface area contributed by atoms with Crippen LogP contribution in [-0.4, -0.2) is 25.3 Å². The summed E-state index contributed by atoms with van der Waals surface area (Å²) < 4.78 is 88.5. The van der Waals surface area contributed by atoms with Gasteiger partial charge in [0.05, 0.1) is 11.1 Å². The fourth-order valence-electron chi connectivity index (χ4n) is 3.98. The van der Waals surface area contributed by atoms with E-state index in [1.54, 1.807) is 0 Å². The van der Waals surface area contributed by atoms with E-state index in [1.165, 1.54) is 20.6 Å². The lowest BCUT2D eigenvalue weighted by molar-refractivity contribution is -0.369. The number of halogens is 6. The van der Waals surface area contributed by atoms with E-state index < -0.39 is 29.5 Å². The van der Waals surface area contributed by atoms with Crippen molar-refractivity contribution in [3.05, 3.63) is 34.9 Å². The number of ether oxygens (including phenoxy) is 2. The molecular formula is C24H36F6O3. The molecule has 0 aliphatic rings. The molecule has 3 nitrogen and oxygen atoms in total. The second-order valence-corrected chi connectivity index (χ2v) is 8.45. The van der Waals surface area contributed by atoms with Gasteiger partial charge in [-0.2, -0.15) is 26.3 Å². The first-order valence-corrected chi connectivity index (χ1v) is 11.5. The summed E-state index contributed by atoms with van der Waals surface area (Å²) in [5, 5.41) is 10.6. The van der Waals surface area contributed by atoms with Crippen LogP contribution in [0.5, 0.6) is 0 Å². The van der Waals surface area contributed by atoms with Gasteiger partial charge in [0.1, 0.15) is 0 Å². The molecule has 1 rings (SSSR count). The van der Waals surface area contributed by atoms with Gasteiger partial charge in [0, 0.05) is 20.1 Å². The maximum absolute atomic E-state index is 13.0. The summed E-state index contributed by atoms with van der Waals surface area (Å²) in [6.07, 6.45) is -1.23. The summed E-state index contributed by atoms with van der Waals surface area (Å²) in [6, 6.07) is 1.67. The highest BCUT2D eigenvalue weighted by Gasteiger charge is 2.38. The van der Waals surface area contributed by atoms with Crippen molar-refractivity contribution in [3.8, 4) is 0 Å². The van der Waals surface area contributed by atoms with Crippen molar-refractivity contribution in [2.45, 2.75) is 95.9 Å². The number of aliphatic hydroxyl groups is 1. The van der Waals surface area contributed by atoms with E-state index in [4.69, 9.17) is 9.47 Å². The first-order valence-electron chi connectivity index (χ1n) is 11.5. The summed E-state index contributed by atoms with van der Waals surface area (Å²) in [7, 11) is 2.66. The van der Waals surface area contributed by atoms with Crippen molar-refractivity contribution in [3.63, 3.8) is 0 Å². The number of hydrogen-bond acceptors (Lipinski definition) is 3. The molecule has 192 valence electrons. The van der Waals surface area contributed by atoms with E-state index in [1.807, 2.05) is 0 Å². The molecule has 0 spiro atoms. The zero-order valence-electron chi connectivity index (χ0n) is 19.6. The molecule has 1 aromatic carbocycles. The Labute approximate surface area is 192 Å². The molecule has 0 fully saturated rings. The maximum atomic E-state index is 13.0. The molecule has 0 saturated carbocycles. The van der Waals surface area contributed by atoms with Crippen LogP contribution in [0.15, 0.2) is 18.2 Å². The molecule has 1 atom stereocenters. The molecule has 9 heteroatoms. The molecule has 0 saturated heterocycles. The zero-order chi connectivity index (χ0) is 25.1. The number of aryl methyl sites for hydroxylation is 1. The molecule has 0 aliphatic carbocycles. The van der Waals surface area contributed by atoms with Crippen LogP contribution in [0, 0.1) is 5.92 Å². The zero-order valence-corrected chi connectivity index (χ0v) is 19.6. The number of hydrogen-bond donors (Lipinski definition) is 1. The van der Waals surface area contributed by atoms with E-state index in [0.717, 1.165) is 44.2 Å². The lowest BCUT2D eigenvalue weighted by Crippen LogP contribution is -2.42. The second kappa shape index (κ2) is 13.5. The number of benzene rings is 1. The monoisotopic (exact) mass is 486 g/mol. The average molecular weight is 487 g/mol. The van der Waals surface area contributed by atoms with Gasteiger partial charge >= 0.3 is 12.4 Å². The highest BCUT2D eigenvalue weighted by molar-refractivity contribution is 5.33. The van der Waals surface area contributed by atoms with Crippen LogP contribution < -0.4 is 0 Å². The minimum atomic E-state index is -4.86. The van der Waals surface area contributed by atoms with Crippen molar-refractivity contribution in [2.75, 3.05) is 14.2 Å². The number of rotatable bonds is 15. The normalized spacial score (nSPS) is 14.0. The Morgan fingerprint density at radius 1 is 0.727 bits per heavy atom. The fourth-order valence-corrected chi connectivity index (χ4v) is 3.98. The molecule has 0 radical (unpaired) electrons. The smallest absolute Gasteiger partial charge is 0.343 e. The molecule has 33 heavy (non-hydrogen) atoms. The largest absolute Gasteiger partial charge is 0.416 e. The standard InChI is InChI=1S/C24H36F6O3/c1-4-5-6-7-8-9-13-19(24(31,32-2)33-3)14-11-10-12-18-15-20(22(25,26)27)17-21(16-18)23(28,29)30/h15-17,19,31H,4-14H2,1-3H3. The molecule has 1 aromatic rings. The fraction of sp³-hybridized carbons (Fsp3) is 0.750. The van der Waals surface area contributed by atoms with Gasteiger partial charge in [-0.3, -0.25) is 0 Å². The van der Waals surface area contributed by atoms with Crippen LogP contribution in [0.4, 0.5) is 26.3 Å². The highest BCUT2D eigenvalue weighted by atomic mass is 19.4. The van der Waals surface area contributed by atoms with Crippen molar-refractivity contribution in [1.82, 2.24) is 0 Å². The number of unbranched alkanes of at least 4 members (excludes halogenated alkanes) is 6. The number of methoxy groups -OCH3 is 2. The topological polar surface area (TPSA) is 38.7 Å². The van der Waals surface area contributed by atoms with Crippen LogP contribution >= 0.6 is 0 Å². The van der Waals surface area contributed by atoms with Gasteiger partial charge in [-0.25, -0.2) is 0 Å². The molecule has 1 unspecified atom stereocenters. The molecule has 0 heterocycles. The van der Waals surface area contributed by atoms with Gasteiger partial charge in [0.15, 0.2) is 0 Å². The molecule has 0 bridgehead atoms. The van der Waals surface area contributed by atoms with E-state index in [0.29, 0.717) is 25.7 Å². The van der Waals surface area contributed by atoms with Crippen molar-refractivity contribution >= 4 is 0 Å². The third-order valence-corrected chi connectivity index (χ3v) is 5.92. The van der Waals surface area contributed by atoms with Gasteiger partial charge in [-0.1, -0.05) is 51.9 Å². The quantitative estimate of drug-likeness (QED) is 0.157. The van der Waals surface area contributed by atoms with Crippen molar-refractivity contribution in [2.24, 2.45) is 5.92 Å². The molecule has 1 N–H and O–H groups in total. The Balaban J connectivity index is 2.74. The van der Waals surface area contributed by atoms with Gasteiger partial charge in [-0.15, -0.1) is 0 Å². The van der Waals surface area contributed by atoms with Crippen molar-refractivity contribution in [1.29, 1.82) is 0 Å².